The van der Waals surface area contributed by atoms with Crippen LogP contribution >= 0.6 is 0 Å². The number of fused-ring (bicyclic) bond motifs is 3. The van der Waals surface area contributed by atoms with Crippen molar-refractivity contribution in [1.82, 2.24) is 4.90 Å². The van der Waals surface area contributed by atoms with Gasteiger partial charge in [0, 0.05) is 19.5 Å². The van der Waals surface area contributed by atoms with Gasteiger partial charge in [-0.15, -0.1) is 0 Å². The molecule has 0 saturated heterocycles. The molecule has 178 valence electrons. The Morgan fingerprint density at radius 3 is 2.53 bits per heavy atom. The highest BCUT2D eigenvalue weighted by molar-refractivity contribution is 5.88. The van der Waals surface area contributed by atoms with E-state index in [-0.39, 0.29) is 0 Å². The topological polar surface area (TPSA) is 49.8 Å². The first-order valence-corrected chi connectivity index (χ1v) is 12.4. The zero-order valence-corrected chi connectivity index (χ0v) is 20.3. The number of hydrogen-bond donors (Lipinski definition) is 1. The first-order chi connectivity index (χ1) is 16.5. The molecule has 0 unspecified atom stereocenters. The summed E-state index contributed by atoms with van der Waals surface area (Å²) in [5.41, 5.74) is 6.41. The lowest BCUT2D eigenvalue weighted by Crippen LogP contribution is -2.24. The van der Waals surface area contributed by atoms with E-state index in [1.807, 2.05) is 0 Å². The number of hydrogen-bond acceptors (Lipinski definition) is 3. The van der Waals surface area contributed by atoms with Crippen LogP contribution < -0.4 is 4.74 Å². The number of rotatable bonds is 4. The molecule has 1 aliphatic rings. The molecule has 4 rings (SSSR count). The minimum atomic E-state index is -0.909. The summed E-state index contributed by atoms with van der Waals surface area (Å²) in [4.78, 5) is 14.1. The molecule has 0 fully saturated rings. The Hall–Kier alpha value is -3.11. The van der Waals surface area contributed by atoms with Crippen LogP contribution in [0.25, 0.3) is 0 Å². The quantitative estimate of drug-likeness (QED) is 0.476. The van der Waals surface area contributed by atoms with Gasteiger partial charge in [0.05, 0.1) is 12.2 Å². The van der Waals surface area contributed by atoms with Crippen LogP contribution in [0.15, 0.2) is 66.7 Å². The van der Waals surface area contributed by atoms with Crippen molar-refractivity contribution in [2.45, 2.75) is 58.5 Å². The highest BCUT2D eigenvalue weighted by Gasteiger charge is 2.13. The lowest BCUT2D eigenvalue weighted by atomic mass is 9.99. The van der Waals surface area contributed by atoms with Crippen LogP contribution in [-0.4, -0.2) is 29.1 Å². The molecule has 0 spiro atoms. The maximum Gasteiger partial charge on any atom is 0.335 e. The van der Waals surface area contributed by atoms with E-state index in [2.05, 4.69) is 67.3 Å². The third-order valence-electron chi connectivity index (χ3n) is 6.53. The predicted octanol–water partition coefficient (Wildman–Crippen LogP) is 6.66. The van der Waals surface area contributed by atoms with Crippen LogP contribution in [0.4, 0.5) is 0 Å². The van der Waals surface area contributed by atoms with Crippen molar-refractivity contribution in [1.29, 1.82) is 0 Å². The van der Waals surface area contributed by atoms with Crippen LogP contribution in [0.3, 0.4) is 0 Å². The van der Waals surface area contributed by atoms with Gasteiger partial charge in [0.2, 0.25) is 0 Å². The van der Waals surface area contributed by atoms with Crippen LogP contribution in [0.5, 0.6) is 5.75 Å². The minimum absolute atomic E-state index is 0.300. The number of carbonyl (C=O) groups is 1. The lowest BCUT2D eigenvalue weighted by Gasteiger charge is -2.24. The summed E-state index contributed by atoms with van der Waals surface area (Å²) in [6.45, 7) is 7.99. The van der Waals surface area contributed by atoms with Crippen molar-refractivity contribution >= 4 is 5.97 Å². The fourth-order valence-corrected chi connectivity index (χ4v) is 4.58. The number of ether oxygens (including phenoxy) is 1. The zero-order chi connectivity index (χ0) is 23.9. The number of aromatic carboxylic acids is 1. The molecular weight excluding hydrogens is 422 g/mol. The molecule has 3 aromatic rings. The second-order valence-electron chi connectivity index (χ2n) is 9.64. The van der Waals surface area contributed by atoms with E-state index in [0.717, 1.165) is 50.2 Å². The molecule has 2 bridgehead atoms. The van der Waals surface area contributed by atoms with Gasteiger partial charge in [0.15, 0.2) is 0 Å². The van der Waals surface area contributed by atoms with Crippen molar-refractivity contribution in [3.63, 3.8) is 0 Å². The van der Waals surface area contributed by atoms with E-state index in [4.69, 9.17) is 4.74 Å². The smallest absolute Gasteiger partial charge is 0.335 e. The number of nitrogens with zero attached hydrogens (tertiary/aromatic N) is 1. The van der Waals surface area contributed by atoms with Crippen molar-refractivity contribution < 1.29 is 14.6 Å². The molecule has 34 heavy (non-hydrogen) atoms. The maximum atomic E-state index is 11.5. The molecule has 4 heteroatoms. The van der Waals surface area contributed by atoms with Gasteiger partial charge in [-0.3, -0.25) is 4.90 Å². The second kappa shape index (κ2) is 11.3. The fraction of sp³-hybridized carbons (Fsp3) is 0.367. The van der Waals surface area contributed by atoms with Crippen LogP contribution in [0.1, 0.15) is 77.2 Å². The first-order valence-electron chi connectivity index (χ1n) is 12.4. The Kier molecular flexibility index (Phi) is 8.02. The fourth-order valence-electron chi connectivity index (χ4n) is 4.58. The summed E-state index contributed by atoms with van der Waals surface area (Å²) in [5.74, 6) is 0.428. The predicted molar refractivity (Wildman–Crippen MR) is 137 cm³/mol. The summed E-state index contributed by atoms with van der Waals surface area (Å²) in [7, 11) is 0. The highest BCUT2D eigenvalue weighted by atomic mass is 16.5. The molecule has 4 nitrogen and oxygen atoms in total. The summed E-state index contributed by atoms with van der Waals surface area (Å²) < 4.78 is 6.09. The Morgan fingerprint density at radius 1 is 0.971 bits per heavy atom. The second-order valence-corrected chi connectivity index (χ2v) is 9.64. The van der Waals surface area contributed by atoms with Crippen molar-refractivity contribution in [3.8, 4) is 5.75 Å². The Bertz CT molecular complexity index is 1100. The zero-order valence-electron chi connectivity index (χ0n) is 20.3. The summed E-state index contributed by atoms with van der Waals surface area (Å²) in [6, 6.07) is 22.9. The van der Waals surface area contributed by atoms with Gasteiger partial charge in [-0.2, -0.15) is 0 Å². The van der Waals surface area contributed by atoms with E-state index in [9.17, 15) is 9.90 Å². The van der Waals surface area contributed by atoms with Gasteiger partial charge in [0.25, 0.3) is 0 Å². The largest absolute Gasteiger partial charge is 0.493 e. The summed E-state index contributed by atoms with van der Waals surface area (Å²) in [5, 5.41) is 9.45. The average molecular weight is 458 g/mol. The Labute approximate surface area is 203 Å². The normalized spacial score (nSPS) is 15.3. The van der Waals surface area contributed by atoms with Crippen molar-refractivity contribution in [2.75, 3.05) is 13.2 Å². The van der Waals surface area contributed by atoms with Gasteiger partial charge < -0.3 is 9.84 Å². The first kappa shape index (κ1) is 24.0. The van der Waals surface area contributed by atoms with E-state index < -0.39 is 5.97 Å². The van der Waals surface area contributed by atoms with Gasteiger partial charge >= 0.3 is 5.97 Å². The SMILES string of the molecule is CC(C)c1ccc(CN2CCCCCOc3ccc(C(=O)O)cc3Cc3cccc(c3)C2)cc1. The standard InChI is InChI=1S/C30H35NO3/c1-22(2)26-11-9-23(10-12-26)20-31-15-4-3-5-16-34-29-14-13-27(30(32)33)19-28(29)18-24-7-6-8-25(17-24)21-31/h6-14,17,19,22H,3-5,15-16,18,20-21H2,1-2H3,(H,32,33). The maximum absolute atomic E-state index is 11.5. The Balaban J connectivity index is 1.56. The third-order valence-corrected chi connectivity index (χ3v) is 6.53. The average Bonchev–Trinajstić information content (AvgIpc) is 2.82. The molecule has 0 aliphatic carbocycles. The van der Waals surface area contributed by atoms with Crippen molar-refractivity contribution in [2.24, 2.45) is 0 Å². The number of carboxylic acids is 1. The number of carboxylic acid groups (broad SMARTS) is 1. The van der Waals surface area contributed by atoms with Crippen LogP contribution in [-0.2, 0) is 19.5 Å². The van der Waals surface area contributed by atoms with Gasteiger partial charge in [-0.25, -0.2) is 4.79 Å². The molecule has 0 aromatic heterocycles. The van der Waals surface area contributed by atoms with Crippen LogP contribution in [0, 0.1) is 0 Å². The molecule has 1 N–H and O–H groups in total. The minimum Gasteiger partial charge on any atom is -0.493 e. The molecule has 1 aliphatic heterocycles. The van der Waals surface area contributed by atoms with Crippen LogP contribution in [0.2, 0.25) is 0 Å². The monoisotopic (exact) mass is 457 g/mol. The highest BCUT2D eigenvalue weighted by Crippen LogP contribution is 2.25. The van der Waals surface area contributed by atoms with Crippen molar-refractivity contribution in [3.05, 3.63) is 100 Å². The molecule has 3 aromatic carbocycles. The molecule has 0 amide bonds. The van der Waals surface area contributed by atoms with E-state index in [0.29, 0.717) is 24.5 Å². The molecule has 1 heterocycles. The molecule has 0 saturated carbocycles. The number of benzene rings is 3. The molecule has 0 atom stereocenters. The third kappa shape index (κ3) is 6.48. The van der Waals surface area contributed by atoms with Gasteiger partial charge in [0.1, 0.15) is 5.75 Å². The Morgan fingerprint density at radius 2 is 1.76 bits per heavy atom. The lowest BCUT2D eigenvalue weighted by molar-refractivity contribution is 0.0696. The molecular formula is C30H35NO3. The summed E-state index contributed by atoms with van der Waals surface area (Å²) >= 11 is 0. The summed E-state index contributed by atoms with van der Waals surface area (Å²) in [6.07, 6.45) is 3.87. The molecule has 0 radical (unpaired) electrons. The van der Waals surface area contributed by atoms with E-state index >= 15 is 0 Å². The van der Waals surface area contributed by atoms with E-state index in [1.54, 1.807) is 18.2 Å². The van der Waals surface area contributed by atoms with Gasteiger partial charge in [-0.05, 0) is 77.7 Å². The van der Waals surface area contributed by atoms with Gasteiger partial charge in [-0.1, -0.05) is 62.4 Å². The van der Waals surface area contributed by atoms with E-state index in [1.165, 1.54) is 22.3 Å².